The summed E-state index contributed by atoms with van der Waals surface area (Å²) in [5.41, 5.74) is 0. The summed E-state index contributed by atoms with van der Waals surface area (Å²) < 4.78 is 0. The van der Waals surface area contributed by atoms with Crippen LogP contribution in [0.4, 0.5) is 5.82 Å². The molecule has 0 aliphatic carbocycles. The largest absolute Gasteiger partial charge is 0.355 e. The van der Waals surface area contributed by atoms with E-state index in [0.29, 0.717) is 5.75 Å². The van der Waals surface area contributed by atoms with Gasteiger partial charge in [-0.05, 0) is 0 Å². The van der Waals surface area contributed by atoms with E-state index in [1.54, 1.807) is 6.33 Å². The van der Waals surface area contributed by atoms with Crippen molar-refractivity contribution in [1.29, 1.82) is 5.26 Å². The second kappa shape index (κ2) is 5.97. The summed E-state index contributed by atoms with van der Waals surface area (Å²) in [5.74, 6) is 3.73. The van der Waals surface area contributed by atoms with Crippen molar-refractivity contribution >= 4 is 29.3 Å². The van der Waals surface area contributed by atoms with E-state index >= 15 is 0 Å². The van der Waals surface area contributed by atoms with E-state index in [9.17, 15) is 0 Å². The molecule has 1 aliphatic rings. The molecule has 1 aromatic heterocycles. The van der Waals surface area contributed by atoms with E-state index in [2.05, 4.69) is 20.9 Å². The molecule has 0 spiro atoms. The lowest BCUT2D eigenvalue weighted by Crippen LogP contribution is -2.33. The zero-order valence-corrected chi connectivity index (χ0v) is 10.4. The Morgan fingerprint density at radius 2 is 2.25 bits per heavy atom. The summed E-state index contributed by atoms with van der Waals surface area (Å²) in [6, 6.07) is 4.07. The van der Waals surface area contributed by atoms with Gasteiger partial charge in [0.05, 0.1) is 11.8 Å². The zero-order valence-electron chi connectivity index (χ0n) is 8.80. The summed E-state index contributed by atoms with van der Waals surface area (Å²) in [7, 11) is 0. The minimum Gasteiger partial charge on any atom is -0.355 e. The molecule has 1 fully saturated rings. The third-order valence-corrected chi connectivity index (χ3v) is 3.98. The average Bonchev–Trinajstić information content (AvgIpc) is 2.38. The van der Waals surface area contributed by atoms with Gasteiger partial charge in [-0.15, -0.1) is 0 Å². The fraction of sp³-hybridized carbons (Fsp3) is 0.500. The van der Waals surface area contributed by atoms with Crippen LogP contribution in [0.25, 0.3) is 0 Å². The van der Waals surface area contributed by atoms with Gasteiger partial charge >= 0.3 is 0 Å². The Kier molecular flexibility index (Phi) is 4.31. The van der Waals surface area contributed by atoms with Crippen LogP contribution in [-0.4, -0.2) is 40.3 Å². The second-order valence-electron chi connectivity index (χ2n) is 3.26. The SMILES string of the molecule is N#CCSc1cc(N2CCSCC2)ncn1. The number of nitriles is 1. The van der Waals surface area contributed by atoms with Crippen LogP contribution in [0, 0.1) is 11.3 Å². The van der Waals surface area contributed by atoms with Gasteiger partial charge in [-0.1, -0.05) is 11.8 Å². The molecule has 0 radical (unpaired) electrons. The van der Waals surface area contributed by atoms with E-state index in [-0.39, 0.29) is 0 Å². The first-order valence-corrected chi connectivity index (χ1v) is 7.18. The van der Waals surface area contributed by atoms with Crippen molar-refractivity contribution in [2.24, 2.45) is 0 Å². The average molecular weight is 252 g/mol. The van der Waals surface area contributed by atoms with Gasteiger partial charge in [0.15, 0.2) is 0 Å². The quantitative estimate of drug-likeness (QED) is 0.602. The second-order valence-corrected chi connectivity index (χ2v) is 5.48. The summed E-state index contributed by atoms with van der Waals surface area (Å²) >= 11 is 3.43. The maximum Gasteiger partial charge on any atom is 0.133 e. The predicted molar refractivity (Wildman–Crippen MR) is 67.9 cm³/mol. The van der Waals surface area contributed by atoms with Gasteiger partial charge in [-0.25, -0.2) is 9.97 Å². The Morgan fingerprint density at radius 3 is 3.00 bits per heavy atom. The molecule has 2 rings (SSSR count). The van der Waals surface area contributed by atoms with E-state index in [0.717, 1.165) is 35.4 Å². The number of aromatic nitrogens is 2. The van der Waals surface area contributed by atoms with E-state index in [1.807, 2.05) is 17.8 Å². The fourth-order valence-corrected chi connectivity index (χ4v) is 2.91. The van der Waals surface area contributed by atoms with Gasteiger partial charge in [0.2, 0.25) is 0 Å². The van der Waals surface area contributed by atoms with Crippen LogP contribution in [0.5, 0.6) is 0 Å². The molecule has 84 valence electrons. The van der Waals surface area contributed by atoms with Crippen molar-refractivity contribution in [2.45, 2.75) is 5.03 Å². The Bertz CT molecular complexity index is 385. The van der Waals surface area contributed by atoms with Crippen LogP contribution in [0.15, 0.2) is 17.4 Å². The van der Waals surface area contributed by atoms with Gasteiger partial charge in [0.1, 0.15) is 17.2 Å². The topological polar surface area (TPSA) is 52.8 Å². The number of thioether (sulfide) groups is 2. The molecular formula is C10H12N4S2. The molecular weight excluding hydrogens is 240 g/mol. The lowest BCUT2D eigenvalue weighted by atomic mass is 10.4. The number of anilines is 1. The molecule has 0 saturated carbocycles. The van der Waals surface area contributed by atoms with Crippen molar-refractivity contribution < 1.29 is 0 Å². The normalized spacial score (nSPS) is 15.8. The predicted octanol–water partition coefficient (Wildman–Crippen LogP) is 1.65. The van der Waals surface area contributed by atoms with Gasteiger partial charge in [-0.3, -0.25) is 0 Å². The van der Waals surface area contributed by atoms with E-state index in [4.69, 9.17) is 5.26 Å². The molecule has 0 amide bonds. The molecule has 16 heavy (non-hydrogen) atoms. The molecule has 1 saturated heterocycles. The van der Waals surface area contributed by atoms with Crippen LogP contribution >= 0.6 is 23.5 Å². The first-order chi connectivity index (χ1) is 7.90. The van der Waals surface area contributed by atoms with Gasteiger partial charge in [-0.2, -0.15) is 17.0 Å². The minimum atomic E-state index is 0.437. The summed E-state index contributed by atoms with van der Waals surface area (Å²) in [6.07, 6.45) is 1.58. The van der Waals surface area contributed by atoms with Gasteiger partial charge in [0.25, 0.3) is 0 Å². The highest BCUT2D eigenvalue weighted by atomic mass is 32.2. The van der Waals surface area contributed by atoms with Gasteiger partial charge in [0, 0.05) is 30.7 Å². The summed E-state index contributed by atoms with van der Waals surface area (Å²) in [6.45, 7) is 2.09. The maximum absolute atomic E-state index is 8.52. The first kappa shape index (κ1) is 11.6. The summed E-state index contributed by atoms with van der Waals surface area (Å²) in [5, 5.41) is 9.40. The zero-order chi connectivity index (χ0) is 11.2. The molecule has 6 heteroatoms. The number of nitrogens with zero attached hydrogens (tertiary/aromatic N) is 4. The molecule has 1 aliphatic heterocycles. The van der Waals surface area contributed by atoms with Crippen LogP contribution < -0.4 is 4.90 Å². The highest BCUT2D eigenvalue weighted by molar-refractivity contribution is 7.99. The molecule has 1 aromatic rings. The van der Waals surface area contributed by atoms with Crippen molar-refractivity contribution in [2.75, 3.05) is 35.2 Å². The van der Waals surface area contributed by atoms with Crippen LogP contribution in [0.3, 0.4) is 0 Å². The number of hydrogen-bond donors (Lipinski definition) is 0. The standard InChI is InChI=1S/C10H12N4S2/c11-1-4-16-10-7-9(12-8-13-10)14-2-5-15-6-3-14/h7-8H,2-6H2. The van der Waals surface area contributed by atoms with Crippen molar-refractivity contribution in [3.05, 3.63) is 12.4 Å². The monoisotopic (exact) mass is 252 g/mol. The van der Waals surface area contributed by atoms with Crippen LogP contribution in [0.2, 0.25) is 0 Å². The minimum absolute atomic E-state index is 0.437. The molecule has 0 N–H and O–H groups in total. The molecule has 0 atom stereocenters. The fourth-order valence-electron chi connectivity index (χ4n) is 1.48. The van der Waals surface area contributed by atoms with Crippen LogP contribution in [-0.2, 0) is 0 Å². The van der Waals surface area contributed by atoms with Crippen molar-refractivity contribution in [1.82, 2.24) is 9.97 Å². The van der Waals surface area contributed by atoms with E-state index in [1.165, 1.54) is 11.8 Å². The highest BCUT2D eigenvalue weighted by Gasteiger charge is 2.12. The maximum atomic E-state index is 8.52. The number of rotatable bonds is 3. The Labute approximate surface area is 103 Å². The third-order valence-electron chi connectivity index (χ3n) is 2.25. The molecule has 0 bridgehead atoms. The third kappa shape index (κ3) is 3.03. The lowest BCUT2D eigenvalue weighted by molar-refractivity contribution is 0.827. The van der Waals surface area contributed by atoms with Crippen LogP contribution in [0.1, 0.15) is 0 Å². The van der Waals surface area contributed by atoms with Crippen molar-refractivity contribution in [3.8, 4) is 6.07 Å². The lowest BCUT2D eigenvalue weighted by Gasteiger charge is -2.27. The Morgan fingerprint density at radius 1 is 1.44 bits per heavy atom. The molecule has 2 heterocycles. The summed E-state index contributed by atoms with van der Waals surface area (Å²) in [4.78, 5) is 10.7. The van der Waals surface area contributed by atoms with Crippen molar-refractivity contribution in [3.63, 3.8) is 0 Å². The highest BCUT2D eigenvalue weighted by Crippen LogP contribution is 2.21. The first-order valence-electron chi connectivity index (χ1n) is 5.04. The molecule has 0 aromatic carbocycles. The Balaban J connectivity index is 2.06. The number of hydrogen-bond acceptors (Lipinski definition) is 6. The Hall–Kier alpha value is -0.930. The molecule has 4 nitrogen and oxygen atoms in total. The van der Waals surface area contributed by atoms with Gasteiger partial charge < -0.3 is 4.90 Å². The van der Waals surface area contributed by atoms with E-state index < -0.39 is 0 Å². The smallest absolute Gasteiger partial charge is 0.133 e. The molecule has 0 unspecified atom stereocenters.